The minimum Gasteiger partial charge on any atom is -0.451 e. The molecule has 5 rings (SSSR count). The van der Waals surface area contributed by atoms with E-state index >= 15 is 0 Å². The SMILES string of the molecule is C.O=C(N[C@@H]1CN2CCC1CC2)c1cc2cc(Cl)ccc2o1. The van der Waals surface area contributed by atoms with Crippen LogP contribution >= 0.6 is 11.6 Å². The fraction of sp³-hybridized carbons (Fsp3) is 0.471. The van der Waals surface area contributed by atoms with Crippen molar-refractivity contribution in [3.8, 4) is 0 Å². The van der Waals surface area contributed by atoms with Crippen LogP contribution in [0.5, 0.6) is 0 Å². The Balaban J connectivity index is 0.00000144. The molecule has 0 saturated carbocycles. The van der Waals surface area contributed by atoms with Crippen LogP contribution in [0.15, 0.2) is 28.7 Å². The number of rotatable bonds is 2. The maximum atomic E-state index is 12.4. The minimum absolute atomic E-state index is 0. The standard InChI is InChI=1S/C16H17ClN2O2.CH4/c17-12-1-2-14-11(7-12)8-15(21-14)16(20)18-13-9-19-5-3-10(13)4-6-19;/h1-2,7-8,10,13H,3-6,9H2,(H,18,20);1H4/t13-;/m1./s1. The molecule has 2 bridgehead atoms. The molecule has 118 valence electrons. The molecule has 0 aliphatic carbocycles. The molecule has 0 unspecified atom stereocenters. The number of hydrogen-bond donors (Lipinski definition) is 1. The molecule has 3 aliphatic rings. The Morgan fingerprint density at radius 3 is 2.73 bits per heavy atom. The molecule has 3 saturated heterocycles. The summed E-state index contributed by atoms with van der Waals surface area (Å²) < 4.78 is 5.62. The lowest BCUT2D eigenvalue weighted by atomic mass is 9.84. The molecule has 0 spiro atoms. The predicted molar refractivity (Wildman–Crippen MR) is 88.4 cm³/mol. The number of fused-ring (bicyclic) bond motifs is 4. The van der Waals surface area contributed by atoms with E-state index in [1.165, 1.54) is 25.9 Å². The van der Waals surface area contributed by atoms with Crippen molar-refractivity contribution < 1.29 is 9.21 Å². The summed E-state index contributed by atoms with van der Waals surface area (Å²) in [5.74, 6) is 0.850. The highest BCUT2D eigenvalue weighted by Gasteiger charge is 2.35. The van der Waals surface area contributed by atoms with Crippen molar-refractivity contribution in [1.29, 1.82) is 0 Å². The van der Waals surface area contributed by atoms with Gasteiger partial charge < -0.3 is 14.6 Å². The molecule has 1 atom stereocenters. The normalized spacial score (nSPS) is 26.7. The number of hydrogen-bond acceptors (Lipinski definition) is 3. The average Bonchev–Trinajstić information content (AvgIpc) is 2.91. The molecule has 3 fully saturated rings. The van der Waals surface area contributed by atoms with Gasteiger partial charge in [0.05, 0.1) is 0 Å². The number of carbonyl (C=O) groups is 1. The van der Waals surface area contributed by atoms with Gasteiger partial charge in [-0.05, 0) is 56.1 Å². The average molecular weight is 321 g/mol. The van der Waals surface area contributed by atoms with Crippen molar-refractivity contribution in [2.24, 2.45) is 5.92 Å². The summed E-state index contributed by atoms with van der Waals surface area (Å²) in [4.78, 5) is 14.8. The van der Waals surface area contributed by atoms with Crippen molar-refractivity contribution in [2.45, 2.75) is 26.3 Å². The van der Waals surface area contributed by atoms with Gasteiger partial charge in [0.1, 0.15) is 5.58 Å². The number of amides is 1. The lowest BCUT2D eigenvalue weighted by Gasteiger charge is -2.44. The van der Waals surface area contributed by atoms with Crippen molar-refractivity contribution in [2.75, 3.05) is 19.6 Å². The van der Waals surface area contributed by atoms with Gasteiger partial charge in [-0.25, -0.2) is 0 Å². The number of benzene rings is 1. The quantitative estimate of drug-likeness (QED) is 0.920. The van der Waals surface area contributed by atoms with Gasteiger partial charge in [0.2, 0.25) is 0 Å². The van der Waals surface area contributed by atoms with Gasteiger partial charge in [-0.1, -0.05) is 19.0 Å². The summed E-state index contributed by atoms with van der Waals surface area (Å²) in [6.45, 7) is 3.29. The highest BCUT2D eigenvalue weighted by Crippen LogP contribution is 2.28. The maximum absolute atomic E-state index is 12.4. The van der Waals surface area contributed by atoms with Gasteiger partial charge >= 0.3 is 0 Å². The molecule has 4 heterocycles. The molecular formula is C17H21ClN2O2. The number of furan rings is 1. The summed E-state index contributed by atoms with van der Waals surface area (Å²) in [6.07, 6.45) is 2.36. The van der Waals surface area contributed by atoms with Gasteiger partial charge in [-0.3, -0.25) is 4.79 Å². The van der Waals surface area contributed by atoms with E-state index in [1.54, 1.807) is 18.2 Å². The number of piperidine rings is 3. The highest BCUT2D eigenvalue weighted by atomic mass is 35.5. The van der Waals surface area contributed by atoms with Gasteiger partial charge in [0.25, 0.3) is 5.91 Å². The molecule has 5 heteroatoms. The number of carbonyl (C=O) groups excluding carboxylic acids is 1. The van der Waals surface area contributed by atoms with Crippen molar-refractivity contribution in [1.82, 2.24) is 10.2 Å². The van der Waals surface area contributed by atoms with E-state index in [4.69, 9.17) is 16.0 Å². The first-order valence-corrected chi connectivity index (χ1v) is 7.79. The highest BCUT2D eigenvalue weighted by molar-refractivity contribution is 6.31. The Hall–Kier alpha value is -1.52. The molecule has 3 aliphatic heterocycles. The molecule has 2 aromatic rings. The van der Waals surface area contributed by atoms with E-state index in [-0.39, 0.29) is 19.4 Å². The van der Waals surface area contributed by atoms with Crippen molar-refractivity contribution in [3.63, 3.8) is 0 Å². The first kappa shape index (κ1) is 15.4. The number of nitrogens with one attached hydrogen (secondary N) is 1. The first-order chi connectivity index (χ1) is 10.2. The molecule has 1 N–H and O–H groups in total. The summed E-state index contributed by atoms with van der Waals surface area (Å²) in [5, 5.41) is 4.64. The smallest absolute Gasteiger partial charge is 0.287 e. The van der Waals surface area contributed by atoms with Crippen LogP contribution < -0.4 is 5.32 Å². The van der Waals surface area contributed by atoms with Gasteiger partial charge in [0.15, 0.2) is 5.76 Å². The van der Waals surface area contributed by atoms with E-state index in [0.29, 0.717) is 22.3 Å². The zero-order valence-corrected chi connectivity index (χ0v) is 12.4. The molecular weight excluding hydrogens is 300 g/mol. The Bertz CT molecular complexity index is 689. The molecule has 1 amide bonds. The van der Waals surface area contributed by atoms with E-state index in [1.807, 2.05) is 6.07 Å². The van der Waals surface area contributed by atoms with Crippen LogP contribution in [0.3, 0.4) is 0 Å². The van der Waals surface area contributed by atoms with E-state index in [0.717, 1.165) is 11.9 Å². The predicted octanol–water partition coefficient (Wildman–Crippen LogP) is 3.55. The van der Waals surface area contributed by atoms with E-state index < -0.39 is 0 Å². The summed E-state index contributed by atoms with van der Waals surface area (Å²) >= 11 is 5.96. The third-order valence-electron chi connectivity index (χ3n) is 4.67. The second-order valence-corrected chi connectivity index (χ2v) is 6.45. The molecule has 1 aromatic heterocycles. The third-order valence-corrected chi connectivity index (χ3v) is 4.91. The van der Waals surface area contributed by atoms with Gasteiger partial charge in [-0.15, -0.1) is 0 Å². The Kier molecular flexibility index (Phi) is 4.15. The van der Waals surface area contributed by atoms with Crippen LogP contribution in [-0.2, 0) is 0 Å². The van der Waals surface area contributed by atoms with Crippen molar-refractivity contribution in [3.05, 3.63) is 35.0 Å². The second-order valence-electron chi connectivity index (χ2n) is 6.01. The number of halogens is 1. The topological polar surface area (TPSA) is 45.5 Å². The summed E-state index contributed by atoms with van der Waals surface area (Å²) in [7, 11) is 0. The van der Waals surface area contributed by atoms with Crippen molar-refractivity contribution >= 4 is 28.5 Å². The molecule has 1 aromatic carbocycles. The van der Waals surface area contributed by atoms with E-state index in [9.17, 15) is 4.79 Å². The molecule has 22 heavy (non-hydrogen) atoms. The lowest BCUT2D eigenvalue weighted by molar-refractivity contribution is 0.0607. The first-order valence-electron chi connectivity index (χ1n) is 7.41. The largest absolute Gasteiger partial charge is 0.451 e. The van der Waals surface area contributed by atoms with Crippen LogP contribution in [0.2, 0.25) is 5.02 Å². The van der Waals surface area contributed by atoms with Crippen LogP contribution in [0.25, 0.3) is 11.0 Å². The van der Waals surface area contributed by atoms with Gasteiger partial charge in [0, 0.05) is 23.0 Å². The third kappa shape index (κ3) is 2.73. The second kappa shape index (κ2) is 5.94. The summed E-state index contributed by atoms with van der Waals surface area (Å²) in [5.41, 5.74) is 0.693. The van der Waals surface area contributed by atoms with Crippen LogP contribution in [-0.4, -0.2) is 36.5 Å². The van der Waals surface area contributed by atoms with Crippen LogP contribution in [0.1, 0.15) is 30.8 Å². The van der Waals surface area contributed by atoms with Crippen LogP contribution in [0, 0.1) is 5.92 Å². The monoisotopic (exact) mass is 320 g/mol. The fourth-order valence-corrected chi connectivity index (χ4v) is 3.67. The summed E-state index contributed by atoms with van der Waals surface area (Å²) in [6, 6.07) is 7.38. The zero-order valence-electron chi connectivity index (χ0n) is 11.6. The lowest BCUT2D eigenvalue weighted by Crippen LogP contribution is -2.57. The maximum Gasteiger partial charge on any atom is 0.287 e. The molecule has 4 nitrogen and oxygen atoms in total. The Morgan fingerprint density at radius 2 is 2.05 bits per heavy atom. The van der Waals surface area contributed by atoms with Gasteiger partial charge in [-0.2, -0.15) is 0 Å². The molecule has 0 radical (unpaired) electrons. The van der Waals surface area contributed by atoms with Crippen LogP contribution in [0.4, 0.5) is 0 Å². The minimum atomic E-state index is -0.124. The Morgan fingerprint density at radius 1 is 1.27 bits per heavy atom. The fourth-order valence-electron chi connectivity index (χ4n) is 3.49. The Labute approximate surface area is 135 Å². The number of nitrogens with zero attached hydrogens (tertiary/aromatic N) is 1. The zero-order chi connectivity index (χ0) is 14.4. The van der Waals surface area contributed by atoms with E-state index in [2.05, 4.69) is 10.2 Å².